The van der Waals surface area contributed by atoms with Gasteiger partial charge < -0.3 is 4.74 Å². The van der Waals surface area contributed by atoms with E-state index in [9.17, 15) is 14.0 Å². The summed E-state index contributed by atoms with van der Waals surface area (Å²) in [6, 6.07) is 20.4. The maximum absolute atomic E-state index is 13.4. The molecule has 0 radical (unpaired) electrons. The quantitative estimate of drug-likeness (QED) is 0.442. The van der Waals surface area contributed by atoms with Crippen molar-refractivity contribution < 1.29 is 13.9 Å². The number of aromatic nitrogens is 2. The zero-order valence-corrected chi connectivity index (χ0v) is 17.0. The van der Waals surface area contributed by atoms with Crippen molar-refractivity contribution in [3.05, 3.63) is 118 Å². The zero-order chi connectivity index (χ0) is 21.8. The zero-order valence-electron chi connectivity index (χ0n) is 17.0. The summed E-state index contributed by atoms with van der Waals surface area (Å²) >= 11 is 0. The molecule has 4 rings (SSSR count). The summed E-state index contributed by atoms with van der Waals surface area (Å²) < 4.78 is 20.4. The highest BCUT2D eigenvalue weighted by molar-refractivity contribution is 5.78. The van der Waals surface area contributed by atoms with Gasteiger partial charge in [0, 0.05) is 12.3 Å². The molecule has 1 atom stereocenters. The van der Waals surface area contributed by atoms with E-state index in [-0.39, 0.29) is 18.0 Å². The van der Waals surface area contributed by atoms with E-state index in [2.05, 4.69) is 4.98 Å². The predicted molar refractivity (Wildman–Crippen MR) is 115 cm³/mol. The number of carbonyl (C=O) groups excluding carboxylic acids is 1. The van der Waals surface area contributed by atoms with Crippen molar-refractivity contribution in [1.29, 1.82) is 0 Å². The van der Waals surface area contributed by atoms with Crippen LogP contribution >= 0.6 is 0 Å². The second kappa shape index (κ2) is 8.92. The lowest BCUT2D eigenvalue weighted by atomic mass is 9.92. The smallest absolute Gasteiger partial charge is 0.314 e. The third-order valence-electron chi connectivity index (χ3n) is 5.06. The summed E-state index contributed by atoms with van der Waals surface area (Å²) in [6.07, 6.45) is 2.13. The van der Waals surface area contributed by atoms with Gasteiger partial charge in [0.1, 0.15) is 18.1 Å². The van der Waals surface area contributed by atoms with Crippen LogP contribution in [0.1, 0.15) is 28.3 Å². The maximum Gasteiger partial charge on any atom is 0.314 e. The van der Waals surface area contributed by atoms with Crippen LogP contribution in [-0.4, -0.2) is 15.4 Å². The SMILES string of the molecule is Cc1ccc2nc(COC(=O)C(Cc3ccccc3)c3ccc(F)cc3)cc(=O)n2c1. The van der Waals surface area contributed by atoms with Gasteiger partial charge in [0.2, 0.25) is 0 Å². The number of carbonyl (C=O) groups is 1. The molecule has 2 aromatic heterocycles. The van der Waals surface area contributed by atoms with Crippen LogP contribution in [0.15, 0.2) is 83.8 Å². The molecular weight excluding hydrogens is 395 g/mol. The van der Waals surface area contributed by atoms with E-state index >= 15 is 0 Å². The molecule has 156 valence electrons. The Bertz CT molecular complexity index is 1270. The fraction of sp³-hybridized carbons (Fsp3) is 0.160. The first-order chi connectivity index (χ1) is 15.0. The second-order valence-corrected chi connectivity index (χ2v) is 7.42. The summed E-state index contributed by atoms with van der Waals surface area (Å²) in [4.78, 5) is 29.8. The number of rotatable bonds is 6. The molecule has 0 spiro atoms. The molecule has 2 heterocycles. The van der Waals surface area contributed by atoms with Gasteiger partial charge in [-0.1, -0.05) is 48.5 Å². The Morgan fingerprint density at radius 3 is 2.55 bits per heavy atom. The second-order valence-electron chi connectivity index (χ2n) is 7.42. The van der Waals surface area contributed by atoms with E-state index in [1.54, 1.807) is 24.4 Å². The van der Waals surface area contributed by atoms with Crippen molar-refractivity contribution in [3.63, 3.8) is 0 Å². The van der Waals surface area contributed by atoms with Gasteiger partial charge >= 0.3 is 5.97 Å². The number of benzene rings is 2. The summed E-state index contributed by atoms with van der Waals surface area (Å²) in [5.74, 6) is -1.43. The average Bonchev–Trinajstić information content (AvgIpc) is 2.78. The van der Waals surface area contributed by atoms with Gasteiger partial charge in [-0.15, -0.1) is 0 Å². The maximum atomic E-state index is 13.4. The van der Waals surface area contributed by atoms with Gasteiger partial charge in [-0.3, -0.25) is 14.0 Å². The highest BCUT2D eigenvalue weighted by Gasteiger charge is 2.23. The van der Waals surface area contributed by atoms with Crippen molar-refractivity contribution >= 4 is 11.6 Å². The van der Waals surface area contributed by atoms with Crippen LogP contribution in [0.5, 0.6) is 0 Å². The normalized spacial score (nSPS) is 11.9. The molecule has 2 aromatic carbocycles. The van der Waals surface area contributed by atoms with Crippen LogP contribution in [0.4, 0.5) is 4.39 Å². The standard InChI is InChI=1S/C25H21FN2O3/c1-17-7-12-23-27-21(14-24(29)28(23)15-17)16-31-25(30)22(13-18-5-3-2-4-6-18)19-8-10-20(26)11-9-19/h2-12,14-15,22H,13,16H2,1H3. The number of aryl methyl sites for hydroxylation is 1. The van der Waals surface area contributed by atoms with E-state index in [0.29, 0.717) is 23.3 Å². The number of hydrogen-bond acceptors (Lipinski definition) is 4. The summed E-state index contributed by atoms with van der Waals surface area (Å²) in [5.41, 5.74) is 3.20. The molecule has 5 nitrogen and oxygen atoms in total. The number of pyridine rings is 1. The van der Waals surface area contributed by atoms with Gasteiger partial charge in [0.25, 0.3) is 5.56 Å². The molecule has 1 unspecified atom stereocenters. The number of fused-ring (bicyclic) bond motifs is 1. The summed E-state index contributed by atoms with van der Waals surface area (Å²) in [5, 5.41) is 0. The number of hydrogen-bond donors (Lipinski definition) is 0. The van der Waals surface area contributed by atoms with Crippen molar-refractivity contribution in [2.75, 3.05) is 0 Å². The van der Waals surface area contributed by atoms with Crippen molar-refractivity contribution in [1.82, 2.24) is 9.38 Å². The first-order valence-electron chi connectivity index (χ1n) is 9.94. The minimum atomic E-state index is -0.604. The van der Waals surface area contributed by atoms with E-state index < -0.39 is 11.9 Å². The molecule has 0 amide bonds. The highest BCUT2D eigenvalue weighted by Crippen LogP contribution is 2.23. The lowest BCUT2D eigenvalue weighted by Crippen LogP contribution is -2.20. The topological polar surface area (TPSA) is 60.7 Å². The monoisotopic (exact) mass is 416 g/mol. The third kappa shape index (κ3) is 4.86. The minimum absolute atomic E-state index is 0.120. The summed E-state index contributed by atoms with van der Waals surface area (Å²) in [7, 11) is 0. The lowest BCUT2D eigenvalue weighted by Gasteiger charge is -2.17. The number of ether oxygens (including phenoxy) is 1. The minimum Gasteiger partial charge on any atom is -0.459 e. The van der Waals surface area contributed by atoms with E-state index in [0.717, 1.165) is 11.1 Å². The largest absolute Gasteiger partial charge is 0.459 e. The Labute approximate surface area is 178 Å². The van der Waals surface area contributed by atoms with Crippen molar-refractivity contribution in [2.24, 2.45) is 0 Å². The van der Waals surface area contributed by atoms with Gasteiger partial charge in [-0.2, -0.15) is 0 Å². The van der Waals surface area contributed by atoms with Crippen molar-refractivity contribution in [2.45, 2.75) is 25.9 Å². The fourth-order valence-corrected chi connectivity index (χ4v) is 3.46. The molecule has 0 aliphatic heterocycles. The molecule has 6 heteroatoms. The first-order valence-corrected chi connectivity index (χ1v) is 9.94. The van der Waals surface area contributed by atoms with Crippen LogP contribution in [0.3, 0.4) is 0 Å². The van der Waals surface area contributed by atoms with Gasteiger partial charge in [0.15, 0.2) is 0 Å². The third-order valence-corrected chi connectivity index (χ3v) is 5.06. The molecule has 0 bridgehead atoms. The van der Waals surface area contributed by atoms with Gasteiger partial charge in [-0.05, 0) is 48.2 Å². The lowest BCUT2D eigenvalue weighted by molar-refractivity contribution is -0.147. The highest BCUT2D eigenvalue weighted by atomic mass is 19.1. The van der Waals surface area contributed by atoms with Crippen molar-refractivity contribution in [3.8, 4) is 0 Å². The van der Waals surface area contributed by atoms with Gasteiger partial charge in [-0.25, -0.2) is 9.37 Å². The van der Waals surface area contributed by atoms with Gasteiger partial charge in [0.05, 0.1) is 11.6 Å². The van der Waals surface area contributed by atoms with Crippen LogP contribution in [0, 0.1) is 12.7 Å². The Kier molecular flexibility index (Phi) is 5.89. The van der Waals surface area contributed by atoms with E-state index in [4.69, 9.17) is 4.74 Å². The van der Waals surface area contributed by atoms with Crippen LogP contribution in [0.2, 0.25) is 0 Å². The molecule has 0 saturated carbocycles. The molecule has 31 heavy (non-hydrogen) atoms. The molecule has 0 aliphatic rings. The van der Waals surface area contributed by atoms with Crippen LogP contribution < -0.4 is 5.56 Å². The molecule has 0 fully saturated rings. The first kappa shape index (κ1) is 20.5. The number of esters is 1. The molecule has 0 saturated heterocycles. The average molecular weight is 416 g/mol. The summed E-state index contributed by atoms with van der Waals surface area (Å²) in [6.45, 7) is 1.77. The number of halogens is 1. The Hall–Kier alpha value is -3.80. The number of nitrogens with zero attached hydrogens (tertiary/aromatic N) is 2. The predicted octanol–water partition coefficient (Wildman–Crippen LogP) is 4.21. The Morgan fingerprint density at radius 2 is 1.81 bits per heavy atom. The fourth-order valence-electron chi connectivity index (χ4n) is 3.46. The molecular formula is C25H21FN2O3. The molecule has 0 N–H and O–H groups in total. The van der Waals surface area contributed by atoms with E-state index in [1.165, 1.54) is 22.6 Å². The van der Waals surface area contributed by atoms with Crippen LogP contribution in [0.25, 0.3) is 5.65 Å². The molecule has 0 aliphatic carbocycles. The van der Waals surface area contributed by atoms with Crippen LogP contribution in [-0.2, 0) is 22.6 Å². The Balaban J connectivity index is 1.56. The Morgan fingerprint density at radius 1 is 1.06 bits per heavy atom. The van der Waals surface area contributed by atoms with E-state index in [1.807, 2.05) is 43.3 Å². The molecule has 4 aromatic rings.